The number of fused-ring (bicyclic) bond motifs is 9. The van der Waals surface area contributed by atoms with Crippen molar-refractivity contribution in [3.8, 4) is 22.9 Å². The number of aromatic nitrogens is 4. The normalized spacial score (nSPS) is 18.2. The molecule has 4 nitrogen and oxygen atoms in total. The molecule has 0 N–H and O–H groups in total. The van der Waals surface area contributed by atoms with Crippen LogP contribution in [0.3, 0.4) is 0 Å². The summed E-state index contributed by atoms with van der Waals surface area (Å²) in [5.41, 5.74) is -2.50. The van der Waals surface area contributed by atoms with Gasteiger partial charge >= 0.3 is 0 Å². The first-order valence-corrected chi connectivity index (χ1v) is 14.3. The molecule has 5 heteroatoms. The van der Waals surface area contributed by atoms with E-state index < -0.39 is 149 Å². The lowest BCUT2D eigenvalue weighted by atomic mass is 10.1. The summed E-state index contributed by atoms with van der Waals surface area (Å²) in [5, 5.41) is -0.785. The highest BCUT2D eigenvalue weighted by Crippen LogP contribution is 2.41. The molecule has 0 aliphatic rings. The predicted molar refractivity (Wildman–Crippen MR) is 189 cm³/mol. The van der Waals surface area contributed by atoms with Crippen LogP contribution in [0, 0.1) is 0 Å². The molecule has 0 spiro atoms. The van der Waals surface area contributed by atoms with Crippen LogP contribution in [0.1, 0.15) is 27.4 Å². The van der Waals surface area contributed by atoms with Crippen molar-refractivity contribution in [3.63, 3.8) is 0 Å². The topological polar surface area (TPSA) is 35.6 Å². The highest BCUT2D eigenvalue weighted by molar-refractivity contribution is 7.26. The summed E-state index contributed by atoms with van der Waals surface area (Å²) in [4.78, 5) is 9.77. The van der Waals surface area contributed by atoms with Crippen molar-refractivity contribution < 1.29 is 27.4 Å². The Labute approximate surface area is 290 Å². The molecule has 10 aromatic rings. The fraction of sp³-hybridized carbons (Fsp3) is 0. The third-order valence-electron chi connectivity index (χ3n) is 7.59. The van der Waals surface area contributed by atoms with Crippen LogP contribution < -0.4 is 0 Å². The molecule has 45 heavy (non-hydrogen) atoms. The molecule has 10 rings (SSSR count). The van der Waals surface area contributed by atoms with Crippen molar-refractivity contribution in [3.05, 3.63) is 145 Å². The summed E-state index contributed by atoms with van der Waals surface area (Å²) < 4.78 is 181. The van der Waals surface area contributed by atoms with Gasteiger partial charge in [0.2, 0.25) is 0 Å². The monoisotopic (exact) mass is 612 g/mol. The first kappa shape index (κ1) is 12.3. The van der Waals surface area contributed by atoms with Gasteiger partial charge in [-0.1, -0.05) is 103 Å². The number of nitrogens with zero attached hydrogens (tertiary/aromatic N) is 4. The molecule has 4 heterocycles. The van der Waals surface area contributed by atoms with Crippen LogP contribution in [0.5, 0.6) is 0 Å². The molecular formula is C40H24N4S. The van der Waals surface area contributed by atoms with Gasteiger partial charge in [0.1, 0.15) is 0 Å². The first-order chi connectivity index (χ1) is 30.6. The van der Waals surface area contributed by atoms with Gasteiger partial charge in [0.05, 0.1) is 65.4 Å². The summed E-state index contributed by atoms with van der Waals surface area (Å²) in [6, 6.07) is -7.65. The molecule has 4 aromatic heterocycles. The van der Waals surface area contributed by atoms with E-state index in [2.05, 4.69) is 0 Å². The number of hydrogen-bond acceptors (Lipinski definition) is 3. The molecule has 6 aromatic carbocycles. The van der Waals surface area contributed by atoms with Gasteiger partial charge in [-0.25, -0.2) is 9.97 Å². The molecule has 0 saturated carbocycles. The zero-order valence-corrected chi connectivity index (χ0v) is 23.3. The summed E-state index contributed by atoms with van der Waals surface area (Å²) in [5.74, 6) is -0.739. The molecule has 0 saturated heterocycles. The van der Waals surface area contributed by atoms with E-state index in [-0.39, 0.29) is 48.6 Å². The van der Waals surface area contributed by atoms with Gasteiger partial charge in [-0.2, -0.15) is 0 Å². The number of thiophene rings is 1. The average molecular weight is 613 g/mol. The molecular weight excluding hydrogens is 569 g/mol. The molecule has 0 unspecified atom stereocenters. The van der Waals surface area contributed by atoms with E-state index in [4.69, 9.17) is 31.9 Å². The van der Waals surface area contributed by atoms with Crippen molar-refractivity contribution >= 4 is 75.3 Å². The SMILES string of the molecule is [2H]c1c([2H])c([2H])c(-n2c3c([2H])c([2H])c([2H])c([2H])c3c3c([2H])c([2H])c([2H])c([2H])c32)c(-c2nc(-n3c4c([2H])c([2H])c([2H])c([2H])c4c4c([2H])c([2H])c([2H])c([2H])c43)c3sc4ccccc4c3n2)c1[2H]. The van der Waals surface area contributed by atoms with E-state index in [1.807, 2.05) is 0 Å². The van der Waals surface area contributed by atoms with Gasteiger partial charge in [-0.05, 0) is 42.3 Å². The van der Waals surface area contributed by atoms with Gasteiger partial charge in [0.25, 0.3) is 0 Å². The molecule has 0 atom stereocenters. The maximum absolute atomic E-state index is 9.45. The lowest BCUT2D eigenvalue weighted by Gasteiger charge is -2.15. The standard InChI is InChI=1S/C40H24N4S/c1-7-19-31-25(13-1)26-14-2-8-20-32(26)43(31)35-23-11-5-17-29(35)39-41-37-30-18-6-12-24-36(30)45-38(37)40(42-39)44-33-21-9-3-15-27(33)28-16-4-10-22-34(28)44/h1-24H/i1D,2D,3D,4D,5D,7D,8D,9D,10D,11D,13D,14D,15D,16D,17D,19D,20D,21D,22D,23D. The summed E-state index contributed by atoms with van der Waals surface area (Å²) in [7, 11) is 0. The summed E-state index contributed by atoms with van der Waals surface area (Å²) in [6.07, 6.45) is 0. The average Bonchev–Trinajstić information content (AvgIpc) is 3.97. The van der Waals surface area contributed by atoms with E-state index >= 15 is 0 Å². The molecule has 0 fully saturated rings. The highest BCUT2D eigenvalue weighted by Gasteiger charge is 2.22. The lowest BCUT2D eigenvalue weighted by Crippen LogP contribution is -2.04. The summed E-state index contributed by atoms with van der Waals surface area (Å²) >= 11 is 1.12. The van der Waals surface area contributed by atoms with E-state index in [1.54, 1.807) is 24.3 Å². The van der Waals surface area contributed by atoms with Crippen molar-refractivity contribution in [1.29, 1.82) is 0 Å². The second-order valence-electron chi connectivity index (χ2n) is 9.94. The second kappa shape index (κ2) is 9.36. The van der Waals surface area contributed by atoms with Crippen LogP contribution >= 0.6 is 11.3 Å². The smallest absolute Gasteiger partial charge is 0.164 e. The number of para-hydroxylation sites is 5. The molecule has 210 valence electrons. The van der Waals surface area contributed by atoms with Crippen molar-refractivity contribution in [2.75, 3.05) is 0 Å². The Morgan fingerprint density at radius 2 is 1.02 bits per heavy atom. The molecule has 0 aliphatic heterocycles. The third kappa shape index (κ3) is 3.47. The Bertz CT molecular complexity index is 3760. The van der Waals surface area contributed by atoms with Crippen LogP contribution in [-0.2, 0) is 0 Å². The minimum Gasteiger partial charge on any atom is -0.309 e. The second-order valence-corrected chi connectivity index (χ2v) is 11.0. The Balaban J connectivity index is 1.49. The molecule has 0 aliphatic carbocycles. The van der Waals surface area contributed by atoms with Gasteiger partial charge < -0.3 is 4.57 Å². The zero-order valence-electron chi connectivity index (χ0n) is 42.5. The summed E-state index contributed by atoms with van der Waals surface area (Å²) in [6.45, 7) is 0. The van der Waals surface area contributed by atoms with Gasteiger partial charge in [-0.3, -0.25) is 4.57 Å². The fourth-order valence-corrected chi connectivity index (χ4v) is 6.87. The Morgan fingerprint density at radius 1 is 0.511 bits per heavy atom. The Morgan fingerprint density at radius 3 is 1.64 bits per heavy atom. The Kier molecular flexibility index (Phi) is 2.56. The maximum atomic E-state index is 9.45. The minimum absolute atomic E-state index is 0.131. The van der Waals surface area contributed by atoms with Crippen molar-refractivity contribution in [2.24, 2.45) is 0 Å². The number of rotatable bonds is 3. The van der Waals surface area contributed by atoms with E-state index in [0.29, 0.717) is 10.1 Å². The maximum Gasteiger partial charge on any atom is 0.164 e. The fourth-order valence-electron chi connectivity index (χ4n) is 5.75. The quantitative estimate of drug-likeness (QED) is 0.199. The van der Waals surface area contributed by atoms with Crippen LogP contribution in [-0.4, -0.2) is 19.1 Å². The Hall–Kier alpha value is -5.78. The van der Waals surface area contributed by atoms with Crippen LogP contribution in [0.15, 0.2) is 145 Å². The van der Waals surface area contributed by atoms with Crippen molar-refractivity contribution in [1.82, 2.24) is 19.1 Å². The third-order valence-corrected chi connectivity index (χ3v) is 8.75. The lowest BCUT2D eigenvalue weighted by molar-refractivity contribution is 1.07. The van der Waals surface area contributed by atoms with E-state index in [1.165, 1.54) is 0 Å². The van der Waals surface area contributed by atoms with Crippen LogP contribution in [0.25, 0.3) is 86.8 Å². The van der Waals surface area contributed by atoms with Crippen molar-refractivity contribution in [2.45, 2.75) is 0 Å². The van der Waals surface area contributed by atoms with Gasteiger partial charge in [-0.15, -0.1) is 11.3 Å². The van der Waals surface area contributed by atoms with Gasteiger partial charge in [0, 0.05) is 37.2 Å². The predicted octanol–water partition coefficient (Wildman–Crippen LogP) is 10.7. The molecule has 0 bridgehead atoms. The van der Waals surface area contributed by atoms with Crippen LogP contribution in [0.2, 0.25) is 0 Å². The number of benzene rings is 6. The first-order valence-electron chi connectivity index (χ1n) is 23.5. The molecule has 0 amide bonds. The minimum atomic E-state index is -0.845. The molecule has 0 radical (unpaired) electrons. The number of hydrogen-bond donors (Lipinski definition) is 0. The van der Waals surface area contributed by atoms with E-state index in [9.17, 15) is 5.48 Å². The highest BCUT2D eigenvalue weighted by atomic mass is 32.1. The van der Waals surface area contributed by atoms with Gasteiger partial charge in [0.15, 0.2) is 11.6 Å². The van der Waals surface area contributed by atoms with E-state index in [0.717, 1.165) is 20.5 Å². The van der Waals surface area contributed by atoms with Crippen LogP contribution in [0.4, 0.5) is 0 Å². The zero-order chi connectivity index (χ0) is 46.9. The largest absolute Gasteiger partial charge is 0.309 e.